The fourth-order valence-electron chi connectivity index (χ4n) is 4.27. The van der Waals surface area contributed by atoms with Gasteiger partial charge in [0.2, 0.25) is 0 Å². The molecule has 4 aromatic rings. The molecule has 0 saturated heterocycles. The first-order valence-corrected chi connectivity index (χ1v) is 11.7. The van der Waals surface area contributed by atoms with Crippen molar-refractivity contribution in [3.8, 4) is 0 Å². The Morgan fingerprint density at radius 3 is 1.74 bits per heavy atom. The highest BCUT2D eigenvalue weighted by molar-refractivity contribution is 6.07. The van der Waals surface area contributed by atoms with Gasteiger partial charge in [0.15, 0.2) is 0 Å². The van der Waals surface area contributed by atoms with Crippen molar-refractivity contribution in [2.24, 2.45) is 0 Å². The molecule has 0 atom stereocenters. The first-order valence-electron chi connectivity index (χ1n) is 11.7. The van der Waals surface area contributed by atoms with Gasteiger partial charge >= 0.3 is 0 Å². The summed E-state index contributed by atoms with van der Waals surface area (Å²) in [6.07, 6.45) is 9.51. The van der Waals surface area contributed by atoms with Crippen LogP contribution in [0.15, 0.2) is 78.9 Å². The van der Waals surface area contributed by atoms with Crippen molar-refractivity contribution in [3.63, 3.8) is 0 Å². The Morgan fingerprint density at radius 2 is 1.19 bits per heavy atom. The van der Waals surface area contributed by atoms with E-state index in [2.05, 4.69) is 110 Å². The lowest BCUT2D eigenvalue weighted by atomic mass is 9.96. The molecule has 31 heavy (non-hydrogen) atoms. The molecule has 158 valence electrons. The maximum absolute atomic E-state index is 2.54. The maximum Gasteiger partial charge on any atom is 0.0366 e. The van der Waals surface area contributed by atoms with E-state index in [0.717, 1.165) is 13.1 Å². The van der Waals surface area contributed by atoms with Crippen LogP contribution < -0.4 is 4.90 Å². The Morgan fingerprint density at radius 1 is 0.645 bits per heavy atom. The topological polar surface area (TPSA) is 3.24 Å². The summed E-state index contributed by atoms with van der Waals surface area (Å²) >= 11 is 0. The van der Waals surface area contributed by atoms with Gasteiger partial charge in [-0.25, -0.2) is 0 Å². The lowest BCUT2D eigenvalue weighted by Crippen LogP contribution is -2.25. The molecule has 4 rings (SSSR count). The fourth-order valence-corrected chi connectivity index (χ4v) is 4.27. The van der Waals surface area contributed by atoms with E-state index in [9.17, 15) is 0 Å². The zero-order valence-electron chi connectivity index (χ0n) is 18.9. The number of hydrogen-bond acceptors (Lipinski definition) is 1. The van der Waals surface area contributed by atoms with Crippen LogP contribution in [0.3, 0.4) is 0 Å². The second-order valence-corrected chi connectivity index (χ2v) is 8.35. The van der Waals surface area contributed by atoms with E-state index in [4.69, 9.17) is 0 Å². The van der Waals surface area contributed by atoms with Crippen molar-refractivity contribution < 1.29 is 0 Å². The quantitative estimate of drug-likeness (QED) is 0.198. The predicted octanol–water partition coefficient (Wildman–Crippen LogP) is 8.57. The van der Waals surface area contributed by atoms with Crippen molar-refractivity contribution in [1.82, 2.24) is 0 Å². The number of unbranched alkanes of at least 4 members (excludes halogenated alkanes) is 2. The molecule has 0 bridgehead atoms. The highest BCUT2D eigenvalue weighted by atomic mass is 15.1. The monoisotopic (exact) mass is 407 g/mol. The molecule has 0 aromatic heterocycles. The van der Waals surface area contributed by atoms with Gasteiger partial charge in [0, 0.05) is 18.8 Å². The predicted molar refractivity (Wildman–Crippen MR) is 139 cm³/mol. The molecule has 0 heterocycles. The van der Waals surface area contributed by atoms with Gasteiger partial charge in [-0.3, -0.25) is 0 Å². The molecule has 0 aliphatic rings. The van der Waals surface area contributed by atoms with Crippen LogP contribution in [0, 0.1) is 0 Å². The summed E-state index contributed by atoms with van der Waals surface area (Å²) in [7, 11) is 0. The number of anilines is 1. The Bertz CT molecular complexity index is 1090. The standard InChI is InChI=1S/C30H33N/c1-3-5-21-31(22-6-4-2)27-18-15-24(16-19-27)17-20-30-28-13-9-7-11-25(28)23-26-12-8-10-14-29(26)30/h7-20,23H,3-6,21-22H2,1-2H3. The summed E-state index contributed by atoms with van der Waals surface area (Å²) in [5.74, 6) is 0. The summed E-state index contributed by atoms with van der Waals surface area (Å²) in [5, 5.41) is 5.19. The van der Waals surface area contributed by atoms with Crippen molar-refractivity contribution >= 4 is 39.4 Å². The van der Waals surface area contributed by atoms with Crippen LogP contribution in [0.1, 0.15) is 50.7 Å². The Kier molecular flexibility index (Phi) is 7.04. The van der Waals surface area contributed by atoms with Crippen LogP contribution in [0.5, 0.6) is 0 Å². The van der Waals surface area contributed by atoms with Crippen molar-refractivity contribution in [3.05, 3.63) is 90.0 Å². The summed E-state index contributed by atoms with van der Waals surface area (Å²) in [4.78, 5) is 2.54. The average molecular weight is 408 g/mol. The lowest BCUT2D eigenvalue weighted by Gasteiger charge is -2.24. The number of benzene rings is 4. The minimum absolute atomic E-state index is 1.15. The minimum Gasteiger partial charge on any atom is -0.372 e. The lowest BCUT2D eigenvalue weighted by molar-refractivity contribution is 0.678. The van der Waals surface area contributed by atoms with Gasteiger partial charge in [-0.05, 0) is 63.7 Å². The van der Waals surface area contributed by atoms with Gasteiger partial charge in [0.25, 0.3) is 0 Å². The van der Waals surface area contributed by atoms with Gasteiger partial charge < -0.3 is 4.90 Å². The molecule has 0 spiro atoms. The van der Waals surface area contributed by atoms with Gasteiger partial charge in [-0.1, -0.05) is 99.5 Å². The largest absolute Gasteiger partial charge is 0.372 e. The van der Waals surface area contributed by atoms with E-state index in [1.54, 1.807) is 0 Å². The highest BCUT2D eigenvalue weighted by Crippen LogP contribution is 2.30. The smallest absolute Gasteiger partial charge is 0.0366 e. The van der Waals surface area contributed by atoms with Gasteiger partial charge in [-0.15, -0.1) is 0 Å². The fraction of sp³-hybridized carbons (Fsp3) is 0.267. The van der Waals surface area contributed by atoms with E-state index in [1.165, 1.54) is 64.0 Å². The number of fused-ring (bicyclic) bond motifs is 2. The molecule has 0 aliphatic carbocycles. The summed E-state index contributed by atoms with van der Waals surface area (Å²) in [6, 6.07) is 28.7. The molecular weight excluding hydrogens is 374 g/mol. The second kappa shape index (κ2) is 10.3. The van der Waals surface area contributed by atoms with E-state index in [1.807, 2.05) is 0 Å². The molecule has 0 fully saturated rings. The molecule has 0 saturated carbocycles. The minimum atomic E-state index is 1.15. The summed E-state index contributed by atoms with van der Waals surface area (Å²) in [6.45, 7) is 6.83. The number of nitrogens with zero attached hydrogens (tertiary/aromatic N) is 1. The van der Waals surface area contributed by atoms with Crippen LogP contribution >= 0.6 is 0 Å². The number of hydrogen-bond donors (Lipinski definition) is 0. The third-order valence-electron chi connectivity index (χ3n) is 6.08. The summed E-state index contributed by atoms with van der Waals surface area (Å²) < 4.78 is 0. The molecule has 0 amide bonds. The van der Waals surface area contributed by atoms with Crippen molar-refractivity contribution in [1.29, 1.82) is 0 Å². The van der Waals surface area contributed by atoms with E-state index in [-0.39, 0.29) is 0 Å². The van der Waals surface area contributed by atoms with Gasteiger partial charge in [-0.2, -0.15) is 0 Å². The molecule has 0 unspecified atom stereocenters. The second-order valence-electron chi connectivity index (χ2n) is 8.35. The maximum atomic E-state index is 2.54. The van der Waals surface area contributed by atoms with Crippen LogP contribution in [-0.2, 0) is 0 Å². The molecule has 1 nitrogen and oxygen atoms in total. The first kappa shape index (κ1) is 21.2. The number of rotatable bonds is 9. The third-order valence-corrected chi connectivity index (χ3v) is 6.08. The first-order chi connectivity index (χ1) is 15.3. The molecule has 0 radical (unpaired) electrons. The molecule has 0 aliphatic heterocycles. The Hall–Kier alpha value is -3.06. The zero-order chi connectivity index (χ0) is 21.5. The van der Waals surface area contributed by atoms with Gasteiger partial charge in [0.1, 0.15) is 0 Å². The summed E-state index contributed by atoms with van der Waals surface area (Å²) in [5.41, 5.74) is 3.88. The molecule has 0 N–H and O–H groups in total. The third kappa shape index (κ3) is 4.99. The van der Waals surface area contributed by atoms with Crippen LogP contribution in [0.2, 0.25) is 0 Å². The van der Waals surface area contributed by atoms with Crippen molar-refractivity contribution in [2.75, 3.05) is 18.0 Å². The van der Waals surface area contributed by atoms with E-state index < -0.39 is 0 Å². The van der Waals surface area contributed by atoms with Gasteiger partial charge in [0.05, 0.1) is 0 Å². The SMILES string of the molecule is CCCCN(CCCC)c1ccc(C=Cc2c3ccccc3cc3ccccc23)cc1. The molecular formula is C30H33N. The normalized spacial score (nSPS) is 11.5. The van der Waals surface area contributed by atoms with Crippen LogP contribution in [0.25, 0.3) is 33.7 Å². The average Bonchev–Trinajstić information content (AvgIpc) is 2.82. The van der Waals surface area contributed by atoms with E-state index >= 15 is 0 Å². The Labute approximate surface area is 187 Å². The van der Waals surface area contributed by atoms with E-state index in [0.29, 0.717) is 0 Å². The zero-order valence-corrected chi connectivity index (χ0v) is 18.9. The van der Waals surface area contributed by atoms with Crippen LogP contribution in [-0.4, -0.2) is 13.1 Å². The van der Waals surface area contributed by atoms with Crippen LogP contribution in [0.4, 0.5) is 5.69 Å². The highest BCUT2D eigenvalue weighted by Gasteiger charge is 2.06. The Balaban J connectivity index is 1.63. The molecule has 4 aromatic carbocycles. The van der Waals surface area contributed by atoms with Crippen molar-refractivity contribution in [2.45, 2.75) is 39.5 Å². The molecule has 1 heteroatoms.